The number of hydrogen-bond donors (Lipinski definition) is 1. The minimum atomic E-state index is 0.150. The van der Waals surface area contributed by atoms with Crippen LogP contribution in [0.2, 0.25) is 0 Å². The van der Waals surface area contributed by atoms with Crippen molar-refractivity contribution < 1.29 is 4.74 Å². The van der Waals surface area contributed by atoms with E-state index in [-0.39, 0.29) is 6.04 Å². The van der Waals surface area contributed by atoms with Crippen molar-refractivity contribution in [3.63, 3.8) is 0 Å². The molecule has 0 aromatic heterocycles. The quantitative estimate of drug-likeness (QED) is 0.780. The molecule has 0 amide bonds. The Bertz CT molecular complexity index is 311. The zero-order valence-electron chi connectivity index (χ0n) is 8.57. The van der Waals surface area contributed by atoms with Crippen molar-refractivity contribution in [1.29, 1.82) is 0 Å². The van der Waals surface area contributed by atoms with E-state index in [4.69, 9.17) is 10.5 Å². The van der Waals surface area contributed by atoms with Crippen LogP contribution >= 0.6 is 0 Å². The number of hydrogen-bond acceptors (Lipinski definition) is 2. The van der Waals surface area contributed by atoms with Gasteiger partial charge >= 0.3 is 0 Å². The molecule has 0 fully saturated rings. The Hall–Kier alpha value is -1.02. The van der Waals surface area contributed by atoms with Crippen molar-refractivity contribution in [1.82, 2.24) is 0 Å². The van der Waals surface area contributed by atoms with Crippen LogP contribution in [0.1, 0.15) is 37.8 Å². The maximum atomic E-state index is 6.09. The smallest absolute Gasteiger partial charge is 0.124 e. The molecule has 0 saturated heterocycles. The number of ether oxygens (including phenoxy) is 1. The van der Waals surface area contributed by atoms with Gasteiger partial charge in [-0.2, -0.15) is 0 Å². The number of rotatable bonds is 2. The van der Waals surface area contributed by atoms with Crippen molar-refractivity contribution in [3.05, 3.63) is 29.8 Å². The lowest BCUT2D eigenvalue weighted by atomic mass is 9.95. The van der Waals surface area contributed by atoms with E-state index in [0.717, 1.165) is 30.6 Å². The largest absolute Gasteiger partial charge is 0.490 e. The van der Waals surface area contributed by atoms with Gasteiger partial charge in [-0.05, 0) is 12.5 Å². The van der Waals surface area contributed by atoms with Crippen LogP contribution in [0.4, 0.5) is 0 Å². The Balaban J connectivity index is 2.20. The average molecular weight is 191 g/mol. The molecule has 76 valence electrons. The third-order valence-corrected chi connectivity index (χ3v) is 2.74. The Labute approximate surface area is 85.1 Å². The Morgan fingerprint density at radius 1 is 1.43 bits per heavy atom. The molecular weight excluding hydrogens is 174 g/mol. The number of para-hydroxylation sites is 1. The van der Waals surface area contributed by atoms with Crippen LogP contribution in [0.25, 0.3) is 0 Å². The maximum absolute atomic E-state index is 6.09. The van der Waals surface area contributed by atoms with Gasteiger partial charge in [0.1, 0.15) is 11.9 Å². The molecule has 1 heterocycles. The maximum Gasteiger partial charge on any atom is 0.124 e. The summed E-state index contributed by atoms with van der Waals surface area (Å²) < 4.78 is 5.86. The van der Waals surface area contributed by atoms with E-state index in [1.165, 1.54) is 0 Å². The first-order chi connectivity index (χ1) is 6.81. The van der Waals surface area contributed by atoms with E-state index in [2.05, 4.69) is 13.0 Å². The molecule has 0 spiro atoms. The molecule has 0 aliphatic carbocycles. The van der Waals surface area contributed by atoms with Crippen molar-refractivity contribution in [3.8, 4) is 5.75 Å². The lowest BCUT2D eigenvalue weighted by molar-refractivity contribution is 0.149. The van der Waals surface area contributed by atoms with Crippen molar-refractivity contribution in [2.45, 2.75) is 38.3 Å². The Kier molecular flexibility index (Phi) is 2.73. The highest BCUT2D eigenvalue weighted by atomic mass is 16.5. The van der Waals surface area contributed by atoms with E-state index in [0.29, 0.717) is 6.10 Å². The van der Waals surface area contributed by atoms with Gasteiger partial charge in [0.2, 0.25) is 0 Å². The minimum absolute atomic E-state index is 0.150. The number of benzene rings is 1. The van der Waals surface area contributed by atoms with Gasteiger partial charge in [-0.1, -0.05) is 31.5 Å². The second-order valence-corrected chi connectivity index (χ2v) is 3.91. The highest BCUT2D eigenvalue weighted by Crippen LogP contribution is 2.34. The normalized spacial score (nSPS) is 25.3. The lowest BCUT2D eigenvalue weighted by Crippen LogP contribution is -2.29. The summed E-state index contributed by atoms with van der Waals surface area (Å²) in [6, 6.07) is 8.23. The second-order valence-electron chi connectivity index (χ2n) is 3.91. The first-order valence-electron chi connectivity index (χ1n) is 5.32. The van der Waals surface area contributed by atoms with Gasteiger partial charge in [-0.25, -0.2) is 0 Å². The van der Waals surface area contributed by atoms with Gasteiger partial charge in [-0.3, -0.25) is 0 Å². The van der Waals surface area contributed by atoms with Crippen molar-refractivity contribution >= 4 is 0 Å². The summed E-state index contributed by atoms with van der Waals surface area (Å²) in [4.78, 5) is 0. The van der Waals surface area contributed by atoms with Gasteiger partial charge in [0, 0.05) is 18.0 Å². The van der Waals surface area contributed by atoms with E-state index in [1.54, 1.807) is 0 Å². The van der Waals surface area contributed by atoms with Crippen LogP contribution in [0.3, 0.4) is 0 Å². The topological polar surface area (TPSA) is 35.2 Å². The summed E-state index contributed by atoms with van der Waals surface area (Å²) >= 11 is 0. The molecule has 1 aromatic carbocycles. The third kappa shape index (κ3) is 1.75. The van der Waals surface area contributed by atoms with E-state index < -0.39 is 0 Å². The number of fused-ring (bicyclic) bond motifs is 1. The van der Waals surface area contributed by atoms with Gasteiger partial charge in [0.25, 0.3) is 0 Å². The summed E-state index contributed by atoms with van der Waals surface area (Å²) in [5, 5.41) is 0. The summed E-state index contributed by atoms with van der Waals surface area (Å²) in [7, 11) is 0. The second kappa shape index (κ2) is 4.01. The predicted molar refractivity (Wildman–Crippen MR) is 57.3 cm³/mol. The lowest BCUT2D eigenvalue weighted by Gasteiger charge is -2.30. The fourth-order valence-corrected chi connectivity index (χ4v) is 2.03. The summed E-state index contributed by atoms with van der Waals surface area (Å²) in [6.07, 6.45) is 3.51. The van der Waals surface area contributed by atoms with E-state index >= 15 is 0 Å². The molecule has 0 radical (unpaired) electrons. The molecule has 2 rings (SSSR count). The van der Waals surface area contributed by atoms with Crippen LogP contribution in [0.15, 0.2) is 24.3 Å². The predicted octanol–water partition coefficient (Wildman–Crippen LogP) is 2.64. The van der Waals surface area contributed by atoms with Crippen LogP contribution in [0, 0.1) is 0 Å². The Morgan fingerprint density at radius 3 is 3.00 bits per heavy atom. The third-order valence-electron chi connectivity index (χ3n) is 2.74. The molecule has 1 aliphatic heterocycles. The van der Waals surface area contributed by atoms with Gasteiger partial charge in [-0.15, -0.1) is 0 Å². The highest BCUT2D eigenvalue weighted by Gasteiger charge is 2.24. The zero-order valence-corrected chi connectivity index (χ0v) is 8.57. The van der Waals surface area contributed by atoms with E-state index in [1.807, 2.05) is 18.2 Å². The van der Waals surface area contributed by atoms with Crippen LogP contribution < -0.4 is 10.5 Å². The fraction of sp³-hybridized carbons (Fsp3) is 0.500. The Morgan fingerprint density at radius 2 is 2.21 bits per heavy atom. The van der Waals surface area contributed by atoms with E-state index in [9.17, 15) is 0 Å². The molecular formula is C12H17NO. The SMILES string of the molecule is CCCC1C[C@H](N)c2ccccc2O1. The molecule has 14 heavy (non-hydrogen) atoms. The first kappa shape index (κ1) is 9.53. The fourth-order valence-electron chi connectivity index (χ4n) is 2.03. The zero-order chi connectivity index (χ0) is 9.97. The molecule has 2 N–H and O–H groups in total. The monoisotopic (exact) mass is 191 g/mol. The van der Waals surface area contributed by atoms with Crippen molar-refractivity contribution in [2.75, 3.05) is 0 Å². The molecule has 2 heteroatoms. The summed E-state index contributed by atoms with van der Waals surface area (Å²) in [6.45, 7) is 2.18. The van der Waals surface area contributed by atoms with Gasteiger partial charge < -0.3 is 10.5 Å². The highest BCUT2D eigenvalue weighted by molar-refractivity contribution is 5.37. The standard InChI is InChI=1S/C12H17NO/c1-2-5-9-8-11(13)10-6-3-4-7-12(10)14-9/h3-4,6-7,9,11H,2,5,8,13H2,1H3/t9?,11-/m0/s1. The van der Waals surface area contributed by atoms with Crippen LogP contribution in [-0.2, 0) is 0 Å². The molecule has 2 atom stereocenters. The number of nitrogens with two attached hydrogens (primary N) is 1. The average Bonchev–Trinajstić information content (AvgIpc) is 2.18. The van der Waals surface area contributed by atoms with Crippen LogP contribution in [-0.4, -0.2) is 6.10 Å². The summed E-state index contributed by atoms with van der Waals surface area (Å²) in [5.74, 6) is 0.977. The minimum Gasteiger partial charge on any atom is -0.490 e. The molecule has 0 saturated carbocycles. The van der Waals surface area contributed by atoms with Crippen LogP contribution in [0.5, 0.6) is 5.75 Å². The molecule has 1 aliphatic rings. The first-order valence-corrected chi connectivity index (χ1v) is 5.32. The molecule has 0 bridgehead atoms. The van der Waals surface area contributed by atoms with Gasteiger partial charge in [0.15, 0.2) is 0 Å². The summed E-state index contributed by atoms with van der Waals surface area (Å²) in [5.41, 5.74) is 7.24. The molecule has 2 nitrogen and oxygen atoms in total. The van der Waals surface area contributed by atoms with Gasteiger partial charge in [0.05, 0.1) is 0 Å². The molecule has 1 aromatic rings. The molecule has 1 unspecified atom stereocenters. The van der Waals surface area contributed by atoms with Crippen molar-refractivity contribution in [2.24, 2.45) is 5.73 Å².